The van der Waals surface area contributed by atoms with E-state index < -0.39 is 6.10 Å². The Bertz CT molecular complexity index is 297. The first-order valence-electron chi connectivity index (χ1n) is 4.98. The largest absolute Gasteiger partial charge is 0.387 e. The monoisotopic (exact) mass is 247 g/mol. The normalized spacial score (nSPS) is 12.8. The molecule has 15 heavy (non-hydrogen) atoms. The van der Waals surface area contributed by atoms with E-state index in [2.05, 4.69) is 12.2 Å². The van der Waals surface area contributed by atoms with Crippen LogP contribution in [0.4, 0.5) is 0 Å². The Kier molecular flexibility index (Phi) is 5.40. The second kappa shape index (κ2) is 6.33. The van der Waals surface area contributed by atoms with E-state index in [1.807, 2.05) is 0 Å². The summed E-state index contributed by atoms with van der Waals surface area (Å²) in [5.74, 6) is 0. The van der Waals surface area contributed by atoms with E-state index in [1.54, 1.807) is 18.2 Å². The molecule has 1 rings (SSSR count). The van der Waals surface area contributed by atoms with Crippen molar-refractivity contribution in [2.45, 2.75) is 19.4 Å². The first kappa shape index (κ1) is 12.8. The zero-order valence-corrected chi connectivity index (χ0v) is 10.1. The van der Waals surface area contributed by atoms with Gasteiger partial charge in [0.05, 0.1) is 6.10 Å². The topological polar surface area (TPSA) is 32.3 Å². The van der Waals surface area contributed by atoms with Crippen LogP contribution in [0.2, 0.25) is 10.0 Å². The highest BCUT2D eigenvalue weighted by atomic mass is 35.5. The fraction of sp³-hybridized carbons (Fsp3) is 0.455. The fourth-order valence-electron chi connectivity index (χ4n) is 1.30. The molecule has 1 aromatic rings. The van der Waals surface area contributed by atoms with Gasteiger partial charge in [-0.2, -0.15) is 0 Å². The fourth-order valence-corrected chi connectivity index (χ4v) is 1.84. The van der Waals surface area contributed by atoms with Crippen molar-refractivity contribution in [1.82, 2.24) is 5.32 Å². The lowest BCUT2D eigenvalue weighted by molar-refractivity contribution is 0.175. The zero-order valence-electron chi connectivity index (χ0n) is 8.63. The minimum atomic E-state index is -0.562. The molecule has 0 spiro atoms. The molecule has 1 atom stereocenters. The number of rotatable bonds is 5. The highest BCUT2D eigenvalue weighted by Gasteiger charge is 2.08. The predicted octanol–water partition coefficient (Wildman–Crippen LogP) is 3.03. The van der Waals surface area contributed by atoms with Crippen LogP contribution in [0.5, 0.6) is 0 Å². The van der Waals surface area contributed by atoms with Crippen LogP contribution in [-0.4, -0.2) is 18.2 Å². The van der Waals surface area contributed by atoms with Crippen molar-refractivity contribution in [3.63, 3.8) is 0 Å². The van der Waals surface area contributed by atoms with E-state index in [0.717, 1.165) is 18.5 Å². The van der Waals surface area contributed by atoms with Gasteiger partial charge in [0.25, 0.3) is 0 Å². The van der Waals surface area contributed by atoms with Crippen molar-refractivity contribution in [1.29, 1.82) is 0 Å². The molecule has 0 aromatic heterocycles. The lowest BCUT2D eigenvalue weighted by Gasteiger charge is -2.12. The first-order valence-corrected chi connectivity index (χ1v) is 5.74. The van der Waals surface area contributed by atoms with Gasteiger partial charge in [-0.05, 0) is 36.7 Å². The van der Waals surface area contributed by atoms with Gasteiger partial charge in [0.1, 0.15) is 0 Å². The summed E-state index contributed by atoms with van der Waals surface area (Å²) in [4.78, 5) is 0. The number of aliphatic hydroxyl groups is 1. The molecule has 0 fully saturated rings. The van der Waals surface area contributed by atoms with Crippen LogP contribution in [0, 0.1) is 0 Å². The Labute approximate surface area is 100 Å². The molecule has 0 aliphatic heterocycles. The lowest BCUT2D eigenvalue weighted by Crippen LogP contribution is -2.22. The maximum atomic E-state index is 9.82. The molecule has 0 bridgehead atoms. The Morgan fingerprint density at radius 1 is 1.27 bits per heavy atom. The molecular formula is C11H15Cl2NO. The van der Waals surface area contributed by atoms with Crippen LogP contribution in [0.25, 0.3) is 0 Å². The van der Waals surface area contributed by atoms with Gasteiger partial charge in [-0.25, -0.2) is 0 Å². The van der Waals surface area contributed by atoms with Gasteiger partial charge < -0.3 is 10.4 Å². The lowest BCUT2D eigenvalue weighted by atomic mass is 10.1. The smallest absolute Gasteiger partial charge is 0.0915 e. The number of benzene rings is 1. The second-order valence-electron chi connectivity index (χ2n) is 3.42. The van der Waals surface area contributed by atoms with E-state index in [0.29, 0.717) is 16.6 Å². The van der Waals surface area contributed by atoms with Gasteiger partial charge in [0.2, 0.25) is 0 Å². The first-order chi connectivity index (χ1) is 7.13. The Hall–Kier alpha value is -0.280. The third-order valence-corrected chi connectivity index (χ3v) is 2.47. The van der Waals surface area contributed by atoms with Crippen LogP contribution >= 0.6 is 23.2 Å². The number of hydrogen-bond donors (Lipinski definition) is 2. The van der Waals surface area contributed by atoms with Crippen molar-refractivity contribution < 1.29 is 5.11 Å². The third-order valence-electron chi connectivity index (χ3n) is 2.03. The Balaban J connectivity index is 2.60. The number of nitrogens with one attached hydrogen (secondary N) is 1. The molecule has 0 saturated heterocycles. The summed E-state index contributed by atoms with van der Waals surface area (Å²) < 4.78 is 0. The van der Waals surface area contributed by atoms with Crippen LogP contribution < -0.4 is 5.32 Å². The van der Waals surface area contributed by atoms with E-state index in [1.165, 1.54) is 0 Å². The number of halogens is 2. The summed E-state index contributed by atoms with van der Waals surface area (Å²) in [6.45, 7) is 3.49. The quantitative estimate of drug-likeness (QED) is 0.785. The van der Waals surface area contributed by atoms with Crippen molar-refractivity contribution in [3.05, 3.63) is 33.8 Å². The van der Waals surface area contributed by atoms with Crippen LogP contribution in [-0.2, 0) is 0 Å². The summed E-state index contributed by atoms with van der Waals surface area (Å²) in [6.07, 6.45) is 0.482. The maximum Gasteiger partial charge on any atom is 0.0915 e. The van der Waals surface area contributed by atoms with E-state index >= 15 is 0 Å². The van der Waals surface area contributed by atoms with E-state index in [9.17, 15) is 5.11 Å². The van der Waals surface area contributed by atoms with Gasteiger partial charge >= 0.3 is 0 Å². The molecule has 2 nitrogen and oxygen atoms in total. The number of hydrogen-bond acceptors (Lipinski definition) is 2. The van der Waals surface area contributed by atoms with Gasteiger partial charge in [-0.1, -0.05) is 30.1 Å². The van der Waals surface area contributed by atoms with Gasteiger partial charge in [-0.3, -0.25) is 0 Å². The van der Waals surface area contributed by atoms with Crippen molar-refractivity contribution in [2.75, 3.05) is 13.1 Å². The predicted molar refractivity (Wildman–Crippen MR) is 64.6 cm³/mol. The SMILES string of the molecule is CCCNCC(O)c1cc(Cl)cc(Cl)c1. The summed E-state index contributed by atoms with van der Waals surface area (Å²) in [5.41, 5.74) is 0.746. The second-order valence-corrected chi connectivity index (χ2v) is 4.30. The van der Waals surface area contributed by atoms with Crippen LogP contribution in [0.15, 0.2) is 18.2 Å². The molecule has 2 N–H and O–H groups in total. The van der Waals surface area contributed by atoms with Crippen LogP contribution in [0.1, 0.15) is 25.0 Å². The molecule has 0 radical (unpaired) electrons. The van der Waals surface area contributed by atoms with Crippen molar-refractivity contribution >= 4 is 23.2 Å². The highest BCUT2D eigenvalue weighted by molar-refractivity contribution is 6.34. The molecule has 0 aliphatic rings. The van der Waals surface area contributed by atoms with Gasteiger partial charge in [0.15, 0.2) is 0 Å². The van der Waals surface area contributed by atoms with Crippen molar-refractivity contribution in [2.24, 2.45) is 0 Å². The van der Waals surface area contributed by atoms with Gasteiger partial charge in [-0.15, -0.1) is 0 Å². The minimum absolute atomic E-state index is 0.518. The zero-order chi connectivity index (χ0) is 11.3. The van der Waals surface area contributed by atoms with E-state index in [4.69, 9.17) is 23.2 Å². The molecule has 0 saturated carbocycles. The van der Waals surface area contributed by atoms with Crippen LogP contribution in [0.3, 0.4) is 0 Å². The molecule has 0 aliphatic carbocycles. The molecule has 1 aromatic carbocycles. The molecule has 0 amide bonds. The number of aliphatic hydroxyl groups excluding tert-OH is 1. The average Bonchev–Trinajstić information content (AvgIpc) is 2.16. The molecule has 1 unspecified atom stereocenters. The maximum absolute atomic E-state index is 9.82. The molecule has 4 heteroatoms. The highest BCUT2D eigenvalue weighted by Crippen LogP contribution is 2.23. The molecule has 84 valence electrons. The summed E-state index contributed by atoms with van der Waals surface area (Å²) in [5, 5.41) is 14.0. The minimum Gasteiger partial charge on any atom is -0.387 e. The molecular weight excluding hydrogens is 233 g/mol. The Morgan fingerprint density at radius 2 is 1.87 bits per heavy atom. The summed E-state index contributed by atoms with van der Waals surface area (Å²) in [6, 6.07) is 5.11. The van der Waals surface area contributed by atoms with Gasteiger partial charge in [0, 0.05) is 16.6 Å². The molecule has 0 heterocycles. The summed E-state index contributed by atoms with van der Waals surface area (Å²) in [7, 11) is 0. The van der Waals surface area contributed by atoms with Crippen molar-refractivity contribution in [3.8, 4) is 0 Å². The average molecular weight is 248 g/mol. The van der Waals surface area contributed by atoms with E-state index in [-0.39, 0.29) is 0 Å². The third kappa shape index (κ3) is 4.39. The Morgan fingerprint density at radius 3 is 2.40 bits per heavy atom. The summed E-state index contributed by atoms with van der Waals surface area (Å²) >= 11 is 11.7. The standard InChI is InChI=1S/C11H15Cl2NO/c1-2-3-14-7-11(15)8-4-9(12)6-10(13)5-8/h4-6,11,14-15H,2-3,7H2,1H3.